The van der Waals surface area contributed by atoms with Gasteiger partial charge < -0.3 is 27.2 Å². The van der Waals surface area contributed by atoms with Crippen molar-refractivity contribution in [3.8, 4) is 0 Å². The molecule has 0 aliphatic heterocycles. The lowest BCUT2D eigenvalue weighted by atomic mass is 10.0. The van der Waals surface area contributed by atoms with Crippen LogP contribution in [-0.4, -0.2) is 53.3 Å². The van der Waals surface area contributed by atoms with E-state index in [2.05, 4.69) is 23.3 Å². The number of hydrogen-bond donors (Lipinski definition) is 6. The first-order chi connectivity index (χ1) is 11.2. The van der Waals surface area contributed by atoms with Gasteiger partial charge in [0.05, 0.1) is 6.04 Å². The Morgan fingerprint density at radius 1 is 1.08 bits per heavy atom. The Bertz CT molecular complexity index is 420. The highest BCUT2D eigenvalue weighted by Crippen LogP contribution is 2.04. The molecule has 0 heterocycles. The predicted octanol–water partition coefficient (Wildman–Crippen LogP) is -0.527. The van der Waals surface area contributed by atoms with Gasteiger partial charge in [-0.05, 0) is 38.1 Å². The second-order valence-corrected chi connectivity index (χ2v) is 6.53. The fourth-order valence-corrected chi connectivity index (χ4v) is 2.37. The number of carbonyl (C=O) groups is 3. The van der Waals surface area contributed by atoms with E-state index in [0.717, 1.165) is 0 Å². The third-order valence-corrected chi connectivity index (χ3v) is 3.80. The molecule has 0 aromatic heterocycles. The van der Waals surface area contributed by atoms with Crippen molar-refractivity contribution in [3.63, 3.8) is 0 Å². The number of carboxylic acid groups (broad SMARTS) is 1. The maximum Gasteiger partial charge on any atom is 0.326 e. The fourth-order valence-electron chi connectivity index (χ4n) is 2.11. The summed E-state index contributed by atoms with van der Waals surface area (Å²) in [5, 5.41) is 14.1. The van der Waals surface area contributed by atoms with E-state index in [-0.39, 0.29) is 18.1 Å². The molecule has 9 heteroatoms. The van der Waals surface area contributed by atoms with Crippen molar-refractivity contribution < 1.29 is 19.5 Å². The monoisotopic (exact) mass is 362 g/mol. The molecule has 7 N–H and O–H groups in total. The molecule has 0 fully saturated rings. The number of nitrogens with two attached hydrogens (primary N) is 2. The highest BCUT2D eigenvalue weighted by Gasteiger charge is 2.27. The van der Waals surface area contributed by atoms with Gasteiger partial charge in [0.25, 0.3) is 0 Å². The second-order valence-electron chi connectivity index (χ2n) is 6.16. The summed E-state index contributed by atoms with van der Waals surface area (Å²) in [4.78, 5) is 35.4. The molecular formula is C15H30N4O4S. The quantitative estimate of drug-likeness (QED) is 0.203. The lowest BCUT2D eigenvalue weighted by Gasteiger charge is -2.22. The Labute approximate surface area is 148 Å². The van der Waals surface area contributed by atoms with Crippen LogP contribution < -0.4 is 22.1 Å². The number of aliphatic carboxylic acids is 1. The molecule has 140 valence electrons. The number of rotatable bonds is 12. The van der Waals surface area contributed by atoms with Crippen LogP contribution in [0.3, 0.4) is 0 Å². The van der Waals surface area contributed by atoms with Gasteiger partial charge in [0.15, 0.2) is 0 Å². The third kappa shape index (κ3) is 9.09. The molecule has 0 aromatic rings. The number of thiol groups is 1. The van der Waals surface area contributed by atoms with Gasteiger partial charge >= 0.3 is 5.97 Å². The Balaban J connectivity index is 4.65. The van der Waals surface area contributed by atoms with E-state index in [0.29, 0.717) is 25.8 Å². The standard InChI is InChI=1S/C15H30N4O4S/c1-9(2)7-10(17)13(20)19-12(8-24)14(21)18-11(15(22)23)5-3-4-6-16/h9-12,24H,3-8,16-17H2,1-2H3,(H,18,21)(H,19,20)(H,22,23). The minimum atomic E-state index is -1.12. The molecule has 0 saturated heterocycles. The number of carboxylic acids is 1. The summed E-state index contributed by atoms with van der Waals surface area (Å²) < 4.78 is 0. The molecule has 0 aliphatic rings. The van der Waals surface area contributed by atoms with Crippen LogP contribution in [0.15, 0.2) is 0 Å². The largest absolute Gasteiger partial charge is 0.480 e. The van der Waals surface area contributed by atoms with E-state index in [4.69, 9.17) is 11.5 Å². The van der Waals surface area contributed by atoms with Gasteiger partial charge in [0, 0.05) is 5.75 Å². The Kier molecular flexibility index (Phi) is 11.4. The molecule has 0 radical (unpaired) electrons. The maximum absolute atomic E-state index is 12.2. The van der Waals surface area contributed by atoms with E-state index in [1.54, 1.807) is 0 Å². The van der Waals surface area contributed by atoms with Gasteiger partial charge in [-0.2, -0.15) is 12.6 Å². The molecule has 2 amide bonds. The molecule has 3 unspecified atom stereocenters. The average molecular weight is 362 g/mol. The summed E-state index contributed by atoms with van der Waals surface area (Å²) in [5.74, 6) is -1.88. The summed E-state index contributed by atoms with van der Waals surface area (Å²) in [5.41, 5.74) is 11.2. The predicted molar refractivity (Wildman–Crippen MR) is 95.7 cm³/mol. The molecular weight excluding hydrogens is 332 g/mol. The molecule has 24 heavy (non-hydrogen) atoms. The number of nitrogens with one attached hydrogen (secondary N) is 2. The first-order valence-corrected chi connectivity index (χ1v) is 8.76. The minimum Gasteiger partial charge on any atom is -0.480 e. The zero-order valence-corrected chi connectivity index (χ0v) is 15.2. The number of amides is 2. The fraction of sp³-hybridized carbons (Fsp3) is 0.800. The SMILES string of the molecule is CC(C)CC(N)C(=O)NC(CS)C(=O)NC(CCCCN)C(=O)O. The Morgan fingerprint density at radius 2 is 1.67 bits per heavy atom. The number of carbonyl (C=O) groups excluding carboxylic acids is 2. The van der Waals surface area contributed by atoms with Crippen LogP contribution in [0.4, 0.5) is 0 Å². The van der Waals surface area contributed by atoms with Gasteiger partial charge in [-0.3, -0.25) is 9.59 Å². The highest BCUT2D eigenvalue weighted by atomic mass is 32.1. The Hall–Kier alpha value is -1.32. The van der Waals surface area contributed by atoms with Gasteiger partial charge in [0.2, 0.25) is 11.8 Å². The van der Waals surface area contributed by atoms with E-state index in [9.17, 15) is 19.5 Å². The van der Waals surface area contributed by atoms with Gasteiger partial charge in [-0.15, -0.1) is 0 Å². The van der Waals surface area contributed by atoms with Crippen molar-refractivity contribution in [1.29, 1.82) is 0 Å². The van der Waals surface area contributed by atoms with Gasteiger partial charge in [0.1, 0.15) is 12.1 Å². The van der Waals surface area contributed by atoms with Gasteiger partial charge in [-0.1, -0.05) is 13.8 Å². The maximum atomic E-state index is 12.2. The first kappa shape index (κ1) is 22.7. The minimum absolute atomic E-state index is 0.0428. The summed E-state index contributed by atoms with van der Waals surface area (Å²) in [6.45, 7) is 4.34. The molecule has 0 saturated carbocycles. The van der Waals surface area contributed by atoms with Crippen LogP contribution in [0.2, 0.25) is 0 Å². The molecule has 0 rings (SSSR count). The number of hydrogen-bond acceptors (Lipinski definition) is 6. The average Bonchev–Trinajstić information content (AvgIpc) is 2.50. The molecule has 0 aliphatic carbocycles. The summed E-state index contributed by atoms with van der Waals surface area (Å²) in [6, 6.07) is -2.68. The first-order valence-electron chi connectivity index (χ1n) is 8.12. The summed E-state index contributed by atoms with van der Waals surface area (Å²) in [6.07, 6.45) is 2.03. The smallest absolute Gasteiger partial charge is 0.326 e. The molecule has 0 bridgehead atoms. The van der Waals surface area contributed by atoms with Crippen LogP contribution in [0, 0.1) is 5.92 Å². The van der Waals surface area contributed by atoms with Crippen LogP contribution >= 0.6 is 12.6 Å². The Morgan fingerprint density at radius 3 is 2.12 bits per heavy atom. The van der Waals surface area contributed by atoms with Crippen molar-refractivity contribution in [3.05, 3.63) is 0 Å². The third-order valence-electron chi connectivity index (χ3n) is 3.44. The van der Waals surface area contributed by atoms with Crippen molar-refractivity contribution in [2.24, 2.45) is 17.4 Å². The lowest BCUT2D eigenvalue weighted by molar-refractivity contribution is -0.142. The van der Waals surface area contributed by atoms with Crippen LogP contribution in [0.5, 0.6) is 0 Å². The van der Waals surface area contributed by atoms with Gasteiger partial charge in [-0.25, -0.2) is 4.79 Å². The molecule has 0 spiro atoms. The van der Waals surface area contributed by atoms with Crippen LogP contribution in [-0.2, 0) is 14.4 Å². The second kappa shape index (κ2) is 12.1. The van der Waals surface area contributed by atoms with Crippen molar-refractivity contribution in [2.75, 3.05) is 12.3 Å². The van der Waals surface area contributed by atoms with E-state index in [1.807, 2.05) is 13.8 Å². The van der Waals surface area contributed by atoms with E-state index < -0.39 is 35.9 Å². The zero-order chi connectivity index (χ0) is 18.7. The molecule has 3 atom stereocenters. The topological polar surface area (TPSA) is 148 Å². The summed E-state index contributed by atoms with van der Waals surface area (Å²) in [7, 11) is 0. The van der Waals surface area contributed by atoms with Crippen molar-refractivity contribution in [1.82, 2.24) is 10.6 Å². The van der Waals surface area contributed by atoms with E-state index >= 15 is 0 Å². The lowest BCUT2D eigenvalue weighted by Crippen LogP contribution is -2.55. The summed E-state index contributed by atoms with van der Waals surface area (Å²) >= 11 is 4.05. The van der Waals surface area contributed by atoms with Crippen molar-refractivity contribution >= 4 is 30.4 Å². The van der Waals surface area contributed by atoms with E-state index in [1.165, 1.54) is 0 Å². The molecule has 0 aromatic carbocycles. The highest BCUT2D eigenvalue weighted by molar-refractivity contribution is 7.80. The normalized spacial score (nSPS) is 14.8. The van der Waals surface area contributed by atoms with Crippen LogP contribution in [0.25, 0.3) is 0 Å². The van der Waals surface area contributed by atoms with Crippen molar-refractivity contribution in [2.45, 2.75) is 57.7 Å². The molecule has 8 nitrogen and oxygen atoms in total. The number of unbranched alkanes of at least 4 members (excludes halogenated alkanes) is 1. The van der Waals surface area contributed by atoms with Crippen LogP contribution in [0.1, 0.15) is 39.5 Å². The zero-order valence-electron chi connectivity index (χ0n) is 14.3.